The first-order valence-corrected chi connectivity index (χ1v) is 12.0. The summed E-state index contributed by atoms with van der Waals surface area (Å²) in [5.41, 5.74) is 3.19. The van der Waals surface area contributed by atoms with Crippen molar-refractivity contribution in [2.45, 2.75) is 32.7 Å². The molecule has 0 radical (unpaired) electrons. The Morgan fingerprint density at radius 3 is 2.29 bits per heavy atom. The molecule has 1 aliphatic heterocycles. The number of halogens is 1. The molecule has 1 unspecified atom stereocenters. The predicted molar refractivity (Wildman–Crippen MR) is 138 cm³/mol. The molecule has 7 heteroatoms. The average molecular weight is 475 g/mol. The number of rotatable bonds is 6. The van der Waals surface area contributed by atoms with Crippen LogP contribution in [0.2, 0.25) is 0 Å². The third-order valence-electron chi connectivity index (χ3n) is 6.35. The highest BCUT2D eigenvalue weighted by molar-refractivity contribution is 6.04. The number of carbonyl (C=O) groups excluding carboxylic acids is 2. The zero-order valence-corrected chi connectivity index (χ0v) is 20.1. The molecule has 4 rings (SSSR count). The summed E-state index contributed by atoms with van der Waals surface area (Å²) in [6, 6.07) is 20.1. The van der Waals surface area contributed by atoms with Crippen molar-refractivity contribution in [2.24, 2.45) is 5.92 Å². The third kappa shape index (κ3) is 6.38. The Kier molecular flexibility index (Phi) is 7.65. The quantitative estimate of drug-likeness (QED) is 0.398. The van der Waals surface area contributed by atoms with Crippen molar-refractivity contribution >= 4 is 29.0 Å². The summed E-state index contributed by atoms with van der Waals surface area (Å²) >= 11 is 0. The number of benzene rings is 3. The van der Waals surface area contributed by atoms with Crippen LogP contribution in [-0.4, -0.2) is 25.0 Å². The van der Waals surface area contributed by atoms with E-state index in [9.17, 15) is 14.0 Å². The first-order valence-electron chi connectivity index (χ1n) is 12.0. The van der Waals surface area contributed by atoms with Crippen molar-refractivity contribution in [1.29, 1.82) is 0 Å². The van der Waals surface area contributed by atoms with Crippen molar-refractivity contribution in [2.75, 3.05) is 28.6 Å². The molecule has 6 nitrogen and oxygen atoms in total. The van der Waals surface area contributed by atoms with Crippen molar-refractivity contribution in [3.63, 3.8) is 0 Å². The van der Waals surface area contributed by atoms with E-state index < -0.39 is 11.8 Å². The normalized spacial score (nSPS) is 14.8. The second-order valence-electron chi connectivity index (χ2n) is 9.10. The molecule has 0 spiro atoms. The molecule has 1 fully saturated rings. The second-order valence-corrected chi connectivity index (χ2v) is 9.10. The Hall–Kier alpha value is -3.87. The van der Waals surface area contributed by atoms with Gasteiger partial charge in [0.25, 0.3) is 5.91 Å². The Morgan fingerprint density at radius 2 is 1.60 bits per heavy atom. The van der Waals surface area contributed by atoms with Gasteiger partial charge in [0.05, 0.1) is 11.6 Å². The Balaban J connectivity index is 1.55. The molecule has 0 aromatic heterocycles. The number of carbonyl (C=O) groups is 2. The summed E-state index contributed by atoms with van der Waals surface area (Å²) in [6.45, 7) is 5.95. The highest BCUT2D eigenvalue weighted by atomic mass is 19.1. The maximum Gasteiger partial charge on any atom is 0.323 e. The van der Waals surface area contributed by atoms with E-state index in [-0.39, 0.29) is 11.9 Å². The summed E-state index contributed by atoms with van der Waals surface area (Å²) < 4.78 is 13.4. The molecule has 0 saturated carbocycles. The molecule has 3 N–H and O–H groups in total. The molecule has 3 aromatic carbocycles. The highest BCUT2D eigenvalue weighted by Crippen LogP contribution is 2.29. The van der Waals surface area contributed by atoms with Crippen LogP contribution in [-0.2, 0) is 0 Å². The van der Waals surface area contributed by atoms with E-state index in [1.807, 2.05) is 43.3 Å². The standard InChI is InChI=1S/C28H31FN4O2/c1-19-13-15-33(16-14-19)26-12-11-24(32-28(35)31-23-10-6-9-22(29)17-23)18-25(26)27(34)30-20(2)21-7-4-3-5-8-21/h3-12,17-20H,13-16H2,1-2H3,(H,30,34)(H2,31,32,35). The van der Waals surface area contributed by atoms with Crippen molar-refractivity contribution in [3.05, 3.63) is 89.7 Å². The molecule has 3 amide bonds. The molecule has 3 aromatic rings. The number of nitrogens with zero attached hydrogens (tertiary/aromatic N) is 1. The van der Waals surface area contributed by atoms with Gasteiger partial charge in [-0.05, 0) is 67.6 Å². The lowest BCUT2D eigenvalue weighted by Gasteiger charge is -2.33. The smallest absolute Gasteiger partial charge is 0.323 e. The van der Waals surface area contributed by atoms with Gasteiger partial charge in [0.2, 0.25) is 0 Å². The minimum Gasteiger partial charge on any atom is -0.371 e. The molecule has 1 atom stereocenters. The summed E-state index contributed by atoms with van der Waals surface area (Å²) in [6.07, 6.45) is 2.13. The number of hydrogen-bond donors (Lipinski definition) is 3. The lowest BCUT2D eigenvalue weighted by atomic mass is 9.97. The first-order chi connectivity index (χ1) is 16.9. The van der Waals surface area contributed by atoms with Crippen molar-refractivity contribution in [3.8, 4) is 0 Å². The van der Waals surface area contributed by atoms with E-state index in [2.05, 4.69) is 27.8 Å². The van der Waals surface area contributed by atoms with Gasteiger partial charge in [-0.25, -0.2) is 9.18 Å². The van der Waals surface area contributed by atoms with Crippen LogP contribution in [0.25, 0.3) is 0 Å². The second kappa shape index (κ2) is 11.0. The maximum atomic E-state index is 13.4. The van der Waals surface area contributed by atoms with Gasteiger partial charge in [-0.3, -0.25) is 4.79 Å². The Labute approximate surface area is 205 Å². The fourth-order valence-corrected chi connectivity index (χ4v) is 4.28. The summed E-state index contributed by atoms with van der Waals surface area (Å²) in [7, 11) is 0. The van der Waals surface area contributed by atoms with Crippen LogP contribution in [0, 0.1) is 11.7 Å². The van der Waals surface area contributed by atoms with Crippen LogP contribution in [0.3, 0.4) is 0 Å². The molecule has 1 aliphatic rings. The van der Waals surface area contributed by atoms with E-state index in [4.69, 9.17) is 0 Å². The number of piperidine rings is 1. The molecular weight excluding hydrogens is 443 g/mol. The largest absolute Gasteiger partial charge is 0.371 e. The molecule has 1 saturated heterocycles. The molecule has 0 aliphatic carbocycles. The Bertz CT molecular complexity index is 1180. The van der Waals surface area contributed by atoms with Gasteiger partial charge >= 0.3 is 6.03 Å². The summed E-state index contributed by atoms with van der Waals surface area (Å²) in [5, 5.41) is 8.46. The topological polar surface area (TPSA) is 73.5 Å². The lowest BCUT2D eigenvalue weighted by Crippen LogP contribution is -2.35. The van der Waals surface area contributed by atoms with E-state index in [1.54, 1.807) is 18.2 Å². The van der Waals surface area contributed by atoms with Crippen molar-refractivity contribution < 1.29 is 14.0 Å². The predicted octanol–water partition coefficient (Wildman–Crippen LogP) is 6.20. The molecule has 182 valence electrons. The minimum atomic E-state index is -0.515. The summed E-state index contributed by atoms with van der Waals surface area (Å²) in [5.74, 6) is 0.0211. The number of amides is 3. The molecule has 35 heavy (non-hydrogen) atoms. The van der Waals surface area contributed by atoms with E-state index in [0.717, 1.165) is 37.2 Å². The molecular formula is C28H31FN4O2. The van der Waals surface area contributed by atoms with Gasteiger partial charge < -0.3 is 20.9 Å². The highest BCUT2D eigenvalue weighted by Gasteiger charge is 2.23. The Morgan fingerprint density at radius 1 is 0.914 bits per heavy atom. The average Bonchev–Trinajstić information content (AvgIpc) is 2.85. The van der Waals surface area contributed by atoms with Gasteiger partial charge in [-0.1, -0.05) is 43.3 Å². The van der Waals surface area contributed by atoms with Gasteiger partial charge in [0.1, 0.15) is 5.82 Å². The van der Waals surface area contributed by atoms with Crippen molar-refractivity contribution in [1.82, 2.24) is 5.32 Å². The van der Waals surface area contributed by atoms with Crippen LogP contribution in [0.5, 0.6) is 0 Å². The number of anilines is 3. The van der Waals surface area contributed by atoms with Crippen LogP contribution in [0.4, 0.5) is 26.2 Å². The SMILES string of the molecule is CC1CCN(c2ccc(NC(=O)Nc3cccc(F)c3)cc2C(=O)NC(C)c2ccccc2)CC1. The maximum absolute atomic E-state index is 13.4. The zero-order valence-electron chi connectivity index (χ0n) is 20.1. The van der Waals surface area contributed by atoms with Crippen LogP contribution in [0.15, 0.2) is 72.8 Å². The first kappa shape index (κ1) is 24.3. The summed E-state index contributed by atoms with van der Waals surface area (Å²) in [4.78, 5) is 28.2. The number of hydrogen-bond acceptors (Lipinski definition) is 3. The fourth-order valence-electron chi connectivity index (χ4n) is 4.28. The number of nitrogens with one attached hydrogen (secondary N) is 3. The van der Waals surface area contributed by atoms with Crippen LogP contribution in [0.1, 0.15) is 48.7 Å². The van der Waals surface area contributed by atoms with Gasteiger partial charge in [-0.15, -0.1) is 0 Å². The van der Waals surface area contributed by atoms with Gasteiger partial charge in [0, 0.05) is 30.2 Å². The van der Waals surface area contributed by atoms with Gasteiger partial charge in [0.15, 0.2) is 0 Å². The van der Waals surface area contributed by atoms with E-state index in [1.165, 1.54) is 18.2 Å². The monoisotopic (exact) mass is 474 g/mol. The number of urea groups is 1. The van der Waals surface area contributed by atoms with E-state index >= 15 is 0 Å². The zero-order chi connectivity index (χ0) is 24.8. The fraction of sp³-hybridized carbons (Fsp3) is 0.286. The van der Waals surface area contributed by atoms with Gasteiger partial charge in [-0.2, -0.15) is 0 Å². The third-order valence-corrected chi connectivity index (χ3v) is 6.35. The molecule has 0 bridgehead atoms. The minimum absolute atomic E-state index is 0.175. The lowest BCUT2D eigenvalue weighted by molar-refractivity contribution is 0.0940. The van der Waals surface area contributed by atoms with Crippen LogP contribution < -0.4 is 20.9 Å². The van der Waals surface area contributed by atoms with E-state index in [0.29, 0.717) is 22.9 Å². The molecule has 1 heterocycles. The van der Waals surface area contributed by atoms with Crippen LogP contribution >= 0.6 is 0 Å².